The van der Waals surface area contributed by atoms with Crippen LogP contribution in [0.1, 0.15) is 20.3 Å². The standard InChI is InChI=1S/C21H32N4O5S/c1-11-16-15(12(2)26)20(28)25(16)17(21(29)30)18(11)31-13-9-14(23(4)10-13)19(27)24-7-5-22(3)6-8-24/h11-16,26H,5-10H2,1-4H3,(H,29,30)/t11-,12?,13+,14+,15-,16-/m1/s1. The van der Waals surface area contributed by atoms with Gasteiger partial charge in [-0.15, -0.1) is 11.8 Å². The maximum atomic E-state index is 13.1. The van der Waals surface area contributed by atoms with Gasteiger partial charge in [-0.05, 0) is 27.4 Å². The van der Waals surface area contributed by atoms with E-state index in [0.29, 0.717) is 17.9 Å². The summed E-state index contributed by atoms with van der Waals surface area (Å²) in [6, 6.07) is -0.502. The maximum absolute atomic E-state index is 13.1. The third-order valence-corrected chi connectivity index (χ3v) is 8.71. The molecule has 2 amide bonds. The first kappa shape index (κ1) is 22.6. The molecule has 0 spiro atoms. The Labute approximate surface area is 187 Å². The molecule has 9 nitrogen and oxygen atoms in total. The first-order chi connectivity index (χ1) is 14.6. The molecular formula is C21H32N4O5S. The molecule has 4 rings (SSSR count). The Balaban J connectivity index is 1.47. The van der Waals surface area contributed by atoms with Crippen molar-refractivity contribution >= 4 is 29.5 Å². The van der Waals surface area contributed by atoms with E-state index >= 15 is 0 Å². The van der Waals surface area contributed by atoms with Crippen LogP contribution in [0.15, 0.2) is 10.6 Å². The molecule has 3 saturated heterocycles. The molecule has 0 bridgehead atoms. The minimum atomic E-state index is -1.11. The second-order valence-electron chi connectivity index (χ2n) is 9.33. The number of aliphatic hydroxyl groups is 1. The number of amides is 2. The van der Waals surface area contributed by atoms with E-state index in [-0.39, 0.29) is 40.8 Å². The summed E-state index contributed by atoms with van der Waals surface area (Å²) in [5.41, 5.74) is 0.0564. The minimum Gasteiger partial charge on any atom is -0.477 e. The number of likely N-dealkylation sites (tertiary alicyclic amines) is 1. The van der Waals surface area contributed by atoms with Crippen LogP contribution in [0.5, 0.6) is 0 Å². The van der Waals surface area contributed by atoms with E-state index in [2.05, 4.69) is 16.8 Å². The number of fused-ring (bicyclic) bond motifs is 1. The van der Waals surface area contributed by atoms with Gasteiger partial charge in [-0.3, -0.25) is 14.5 Å². The van der Waals surface area contributed by atoms with E-state index in [1.807, 2.05) is 18.9 Å². The molecule has 4 heterocycles. The molecule has 4 aliphatic rings. The van der Waals surface area contributed by atoms with E-state index < -0.39 is 18.0 Å². The van der Waals surface area contributed by atoms with E-state index in [0.717, 1.165) is 26.2 Å². The Hall–Kier alpha value is -1.62. The van der Waals surface area contributed by atoms with Gasteiger partial charge in [-0.1, -0.05) is 6.92 Å². The number of aliphatic hydroxyl groups excluding tert-OH is 1. The molecule has 0 saturated carbocycles. The van der Waals surface area contributed by atoms with Crippen molar-refractivity contribution in [1.82, 2.24) is 19.6 Å². The summed E-state index contributed by atoms with van der Waals surface area (Å²) >= 11 is 1.50. The van der Waals surface area contributed by atoms with E-state index in [1.54, 1.807) is 6.92 Å². The number of piperazine rings is 1. The lowest BCUT2D eigenvalue weighted by Gasteiger charge is -2.46. The van der Waals surface area contributed by atoms with Gasteiger partial charge in [0.15, 0.2) is 0 Å². The Morgan fingerprint density at radius 3 is 2.39 bits per heavy atom. The molecule has 0 aromatic rings. The minimum absolute atomic E-state index is 0.0564. The van der Waals surface area contributed by atoms with Gasteiger partial charge in [-0.25, -0.2) is 4.79 Å². The zero-order valence-corrected chi connectivity index (χ0v) is 19.3. The Morgan fingerprint density at radius 1 is 1.16 bits per heavy atom. The smallest absolute Gasteiger partial charge is 0.353 e. The third-order valence-electron chi connectivity index (χ3n) is 7.21. The summed E-state index contributed by atoms with van der Waals surface area (Å²) in [5.74, 6) is -1.97. The van der Waals surface area contributed by atoms with Crippen molar-refractivity contribution in [2.45, 2.75) is 43.7 Å². The summed E-state index contributed by atoms with van der Waals surface area (Å²) in [5, 5.41) is 19.9. The molecule has 4 aliphatic heterocycles. The van der Waals surface area contributed by atoms with Crippen LogP contribution in [-0.4, -0.2) is 118 Å². The number of hydrogen-bond donors (Lipinski definition) is 2. The zero-order valence-electron chi connectivity index (χ0n) is 18.5. The van der Waals surface area contributed by atoms with Gasteiger partial charge in [0.25, 0.3) is 0 Å². The summed E-state index contributed by atoms with van der Waals surface area (Å²) in [7, 11) is 4.01. The number of thioether (sulfide) groups is 1. The molecule has 1 unspecified atom stereocenters. The van der Waals surface area contributed by atoms with E-state index in [4.69, 9.17) is 0 Å². The van der Waals surface area contributed by atoms with Gasteiger partial charge in [0.05, 0.1) is 24.1 Å². The number of carboxylic acid groups (broad SMARTS) is 1. The van der Waals surface area contributed by atoms with Crippen LogP contribution < -0.4 is 0 Å². The fraction of sp³-hybridized carbons (Fsp3) is 0.762. The second-order valence-corrected chi connectivity index (χ2v) is 10.7. The topological polar surface area (TPSA) is 105 Å². The summed E-state index contributed by atoms with van der Waals surface area (Å²) < 4.78 is 0. The molecule has 0 aromatic heterocycles. The van der Waals surface area contributed by atoms with Gasteiger partial charge in [0.2, 0.25) is 11.8 Å². The van der Waals surface area contributed by atoms with Gasteiger partial charge >= 0.3 is 5.97 Å². The van der Waals surface area contributed by atoms with Crippen molar-refractivity contribution in [3.05, 3.63) is 10.6 Å². The van der Waals surface area contributed by atoms with E-state index in [1.165, 1.54) is 16.7 Å². The van der Waals surface area contributed by atoms with Gasteiger partial charge in [0.1, 0.15) is 5.70 Å². The van der Waals surface area contributed by atoms with Crippen LogP contribution >= 0.6 is 11.8 Å². The van der Waals surface area contributed by atoms with Crippen LogP contribution in [0, 0.1) is 11.8 Å². The lowest BCUT2D eigenvalue weighted by Crippen LogP contribution is -2.63. The highest BCUT2D eigenvalue weighted by Gasteiger charge is 2.60. The first-order valence-corrected chi connectivity index (χ1v) is 11.8. The summed E-state index contributed by atoms with van der Waals surface area (Å²) in [6.45, 7) is 7.44. The number of carbonyl (C=O) groups excluding carboxylic acids is 2. The molecule has 3 fully saturated rings. The highest BCUT2D eigenvalue weighted by Crippen LogP contribution is 2.52. The van der Waals surface area contributed by atoms with Gasteiger partial charge in [-0.2, -0.15) is 0 Å². The third kappa shape index (κ3) is 3.77. The average Bonchev–Trinajstić information content (AvgIpc) is 3.18. The van der Waals surface area contributed by atoms with Crippen molar-refractivity contribution < 1.29 is 24.6 Å². The van der Waals surface area contributed by atoms with Crippen molar-refractivity contribution in [2.24, 2.45) is 11.8 Å². The van der Waals surface area contributed by atoms with E-state index in [9.17, 15) is 24.6 Å². The molecule has 2 N–H and O–H groups in total. The van der Waals surface area contributed by atoms with Crippen LogP contribution in [0.3, 0.4) is 0 Å². The number of aliphatic carboxylic acids is 1. The molecule has 6 atom stereocenters. The number of likely N-dealkylation sites (N-methyl/N-ethyl adjacent to an activating group) is 2. The highest BCUT2D eigenvalue weighted by atomic mass is 32.2. The summed E-state index contributed by atoms with van der Waals surface area (Å²) in [6.07, 6.45) is -0.146. The predicted molar refractivity (Wildman–Crippen MR) is 116 cm³/mol. The Kier molecular flexibility index (Phi) is 6.10. The van der Waals surface area contributed by atoms with Crippen LogP contribution in [0.2, 0.25) is 0 Å². The van der Waals surface area contributed by atoms with Gasteiger partial charge in [0, 0.05) is 48.8 Å². The summed E-state index contributed by atoms with van der Waals surface area (Å²) in [4.78, 5) is 45.9. The SMILES string of the molecule is CC(O)[C@H]1C(=O)N2C(C(=O)O)=C(S[C@H]3C[C@@H](C(=O)N4CCN(C)CC4)N(C)C3)[C@H](C)[C@H]12. The van der Waals surface area contributed by atoms with Crippen LogP contribution in [-0.2, 0) is 14.4 Å². The molecule has 0 aliphatic carbocycles. The lowest BCUT2D eigenvalue weighted by molar-refractivity contribution is -0.163. The van der Waals surface area contributed by atoms with Crippen molar-refractivity contribution in [3.8, 4) is 0 Å². The number of carboxylic acids is 1. The molecule has 10 heteroatoms. The number of carbonyl (C=O) groups is 3. The van der Waals surface area contributed by atoms with Crippen molar-refractivity contribution in [2.75, 3.05) is 46.8 Å². The monoisotopic (exact) mass is 452 g/mol. The molecule has 31 heavy (non-hydrogen) atoms. The fourth-order valence-corrected chi connectivity index (χ4v) is 7.02. The largest absolute Gasteiger partial charge is 0.477 e. The number of β-lactam (4-membered cyclic amide) rings is 1. The highest BCUT2D eigenvalue weighted by molar-refractivity contribution is 8.03. The van der Waals surface area contributed by atoms with Crippen molar-refractivity contribution in [3.63, 3.8) is 0 Å². The van der Waals surface area contributed by atoms with Crippen LogP contribution in [0.25, 0.3) is 0 Å². The number of rotatable bonds is 5. The Morgan fingerprint density at radius 2 is 1.81 bits per heavy atom. The van der Waals surface area contributed by atoms with Crippen molar-refractivity contribution in [1.29, 1.82) is 0 Å². The van der Waals surface area contributed by atoms with Crippen LogP contribution in [0.4, 0.5) is 0 Å². The number of hydrogen-bond acceptors (Lipinski definition) is 7. The first-order valence-electron chi connectivity index (χ1n) is 10.9. The quantitative estimate of drug-likeness (QED) is 0.549. The molecular weight excluding hydrogens is 420 g/mol. The Bertz CT molecular complexity index is 810. The fourth-order valence-electron chi connectivity index (χ4n) is 5.42. The van der Waals surface area contributed by atoms with Gasteiger partial charge < -0.3 is 24.9 Å². The predicted octanol–water partition coefficient (Wildman–Crippen LogP) is -0.280. The molecule has 172 valence electrons. The lowest BCUT2D eigenvalue weighted by atomic mass is 9.79. The molecule has 0 radical (unpaired) electrons. The maximum Gasteiger partial charge on any atom is 0.353 e. The molecule has 0 aromatic carbocycles. The normalized spacial score (nSPS) is 35.4. The average molecular weight is 453 g/mol. The zero-order chi connectivity index (χ0) is 22.6. The number of nitrogens with zero attached hydrogens (tertiary/aromatic N) is 4. The second kappa shape index (κ2) is 8.38.